The third-order valence-corrected chi connectivity index (χ3v) is 3.77. The van der Waals surface area contributed by atoms with Crippen molar-refractivity contribution in [1.82, 2.24) is 16.0 Å². The van der Waals surface area contributed by atoms with Crippen molar-refractivity contribution in [3.63, 3.8) is 0 Å². The first-order valence-corrected chi connectivity index (χ1v) is 8.68. The molecule has 29 heavy (non-hydrogen) atoms. The molecule has 0 fully saturated rings. The van der Waals surface area contributed by atoms with Crippen LogP contribution in [0.1, 0.15) is 39.5 Å². The number of carbonyl (C=O) groups is 6. The number of aliphatic carboxylic acids is 3. The molecular weight excluding hydrogens is 392 g/mol. The van der Waals surface area contributed by atoms with Gasteiger partial charge in [-0.25, -0.2) is 4.79 Å². The van der Waals surface area contributed by atoms with Crippen LogP contribution in [0.25, 0.3) is 0 Å². The molecule has 13 nitrogen and oxygen atoms in total. The van der Waals surface area contributed by atoms with Crippen molar-refractivity contribution in [2.45, 2.75) is 63.7 Å². The van der Waals surface area contributed by atoms with Gasteiger partial charge in [0.25, 0.3) is 0 Å². The van der Waals surface area contributed by atoms with Crippen LogP contribution in [-0.2, 0) is 28.8 Å². The molecule has 0 heterocycles. The van der Waals surface area contributed by atoms with E-state index in [2.05, 4.69) is 16.0 Å². The summed E-state index contributed by atoms with van der Waals surface area (Å²) in [6, 6.07) is -4.85. The summed E-state index contributed by atoms with van der Waals surface area (Å²) in [6.07, 6.45) is -1.25. The summed E-state index contributed by atoms with van der Waals surface area (Å²) < 4.78 is 0. The maximum absolute atomic E-state index is 12.1. The van der Waals surface area contributed by atoms with E-state index in [4.69, 9.17) is 21.1 Å². The average molecular weight is 418 g/mol. The SMILES string of the molecule is CC(NC(=O)C(N)CCC(=O)O)C(=O)NC(C)C(=O)NC(CCC(=O)O)C(=O)O. The van der Waals surface area contributed by atoms with Gasteiger partial charge in [0.1, 0.15) is 18.1 Å². The zero-order valence-electron chi connectivity index (χ0n) is 16.0. The van der Waals surface area contributed by atoms with Crippen molar-refractivity contribution in [1.29, 1.82) is 0 Å². The Morgan fingerprint density at radius 1 is 0.724 bits per heavy atom. The van der Waals surface area contributed by atoms with Gasteiger partial charge in [-0.3, -0.25) is 24.0 Å². The van der Waals surface area contributed by atoms with E-state index in [1.54, 1.807) is 0 Å². The average Bonchev–Trinajstić information content (AvgIpc) is 2.61. The minimum atomic E-state index is -1.44. The van der Waals surface area contributed by atoms with E-state index >= 15 is 0 Å². The standard InChI is InChI=1S/C16H26N4O9/c1-7(19-15(27)9(17)3-5-11(21)22)13(25)18-8(2)14(26)20-10(16(28)29)4-6-12(23)24/h7-10H,3-6,17H2,1-2H3,(H,18,25)(H,19,27)(H,20,26)(H,21,22)(H,23,24)(H,28,29). The molecule has 13 heteroatoms. The fraction of sp³-hybridized carbons (Fsp3) is 0.625. The lowest BCUT2D eigenvalue weighted by Gasteiger charge is -2.21. The van der Waals surface area contributed by atoms with Crippen molar-refractivity contribution >= 4 is 35.6 Å². The second kappa shape index (κ2) is 12.3. The van der Waals surface area contributed by atoms with Gasteiger partial charge in [0.2, 0.25) is 17.7 Å². The van der Waals surface area contributed by atoms with Crippen molar-refractivity contribution in [3.05, 3.63) is 0 Å². The van der Waals surface area contributed by atoms with Crippen LogP contribution in [0.4, 0.5) is 0 Å². The third-order valence-electron chi connectivity index (χ3n) is 3.77. The molecule has 0 aliphatic rings. The fourth-order valence-electron chi connectivity index (χ4n) is 2.02. The van der Waals surface area contributed by atoms with E-state index in [0.29, 0.717) is 0 Å². The molecule has 8 N–H and O–H groups in total. The Morgan fingerprint density at radius 2 is 1.14 bits per heavy atom. The molecule has 0 aromatic rings. The zero-order valence-corrected chi connectivity index (χ0v) is 16.0. The van der Waals surface area contributed by atoms with Gasteiger partial charge in [-0.1, -0.05) is 0 Å². The van der Waals surface area contributed by atoms with E-state index in [1.165, 1.54) is 13.8 Å². The molecule has 0 aromatic heterocycles. The Morgan fingerprint density at radius 3 is 1.59 bits per heavy atom. The summed E-state index contributed by atoms with van der Waals surface area (Å²) in [5.41, 5.74) is 5.53. The van der Waals surface area contributed by atoms with Crippen molar-refractivity contribution in [2.24, 2.45) is 5.73 Å². The molecule has 0 saturated carbocycles. The van der Waals surface area contributed by atoms with Crippen molar-refractivity contribution in [3.8, 4) is 0 Å². The van der Waals surface area contributed by atoms with Gasteiger partial charge in [-0.15, -0.1) is 0 Å². The first kappa shape index (κ1) is 25.8. The molecule has 0 radical (unpaired) electrons. The zero-order chi connectivity index (χ0) is 22.7. The lowest BCUT2D eigenvalue weighted by molar-refractivity contribution is -0.143. The first-order valence-electron chi connectivity index (χ1n) is 8.68. The molecule has 0 aliphatic heterocycles. The number of amides is 3. The fourth-order valence-corrected chi connectivity index (χ4v) is 2.02. The molecule has 0 spiro atoms. The van der Waals surface area contributed by atoms with Gasteiger partial charge < -0.3 is 37.0 Å². The number of hydrogen-bond donors (Lipinski definition) is 7. The predicted molar refractivity (Wildman–Crippen MR) is 96.5 cm³/mol. The van der Waals surface area contributed by atoms with Crippen molar-refractivity contribution in [2.75, 3.05) is 0 Å². The topological polar surface area (TPSA) is 225 Å². The first-order chi connectivity index (χ1) is 13.3. The summed E-state index contributed by atoms with van der Waals surface area (Å²) in [4.78, 5) is 68.1. The Kier molecular flexibility index (Phi) is 10.9. The summed E-state index contributed by atoms with van der Waals surface area (Å²) in [7, 11) is 0. The smallest absolute Gasteiger partial charge is 0.326 e. The highest BCUT2D eigenvalue weighted by molar-refractivity contribution is 5.93. The second-order valence-electron chi connectivity index (χ2n) is 6.33. The quantitative estimate of drug-likeness (QED) is 0.168. The number of carboxylic acids is 3. The molecule has 3 amide bonds. The molecular formula is C16H26N4O9. The van der Waals surface area contributed by atoms with Crippen LogP contribution in [-0.4, -0.2) is 75.1 Å². The van der Waals surface area contributed by atoms with Crippen LogP contribution < -0.4 is 21.7 Å². The summed E-state index contributed by atoms with van der Waals surface area (Å²) in [5, 5.41) is 32.9. The highest BCUT2D eigenvalue weighted by atomic mass is 16.4. The van der Waals surface area contributed by atoms with Gasteiger partial charge in [0.05, 0.1) is 6.04 Å². The maximum Gasteiger partial charge on any atom is 0.326 e. The van der Waals surface area contributed by atoms with Gasteiger partial charge in [-0.05, 0) is 26.7 Å². The van der Waals surface area contributed by atoms with Gasteiger partial charge in [0, 0.05) is 12.8 Å². The van der Waals surface area contributed by atoms with Crippen LogP contribution in [0.3, 0.4) is 0 Å². The molecule has 0 saturated heterocycles. The Labute approximate surface area is 166 Å². The van der Waals surface area contributed by atoms with Crippen LogP contribution in [0, 0.1) is 0 Å². The lowest BCUT2D eigenvalue weighted by Crippen LogP contribution is -2.55. The van der Waals surface area contributed by atoms with E-state index in [9.17, 15) is 28.8 Å². The number of hydrogen-bond acceptors (Lipinski definition) is 7. The van der Waals surface area contributed by atoms with Gasteiger partial charge in [0.15, 0.2) is 0 Å². The number of nitrogens with one attached hydrogen (secondary N) is 3. The van der Waals surface area contributed by atoms with Crippen LogP contribution in [0.15, 0.2) is 0 Å². The van der Waals surface area contributed by atoms with Gasteiger partial charge in [-0.2, -0.15) is 0 Å². The minimum Gasteiger partial charge on any atom is -0.481 e. The van der Waals surface area contributed by atoms with E-state index < -0.39 is 66.2 Å². The largest absolute Gasteiger partial charge is 0.481 e. The van der Waals surface area contributed by atoms with E-state index in [1.807, 2.05) is 0 Å². The normalized spacial score (nSPS) is 14.6. The predicted octanol–water partition coefficient (Wildman–Crippen LogP) is -2.38. The summed E-state index contributed by atoms with van der Waals surface area (Å²) >= 11 is 0. The van der Waals surface area contributed by atoms with Crippen LogP contribution >= 0.6 is 0 Å². The lowest BCUT2D eigenvalue weighted by atomic mass is 10.1. The minimum absolute atomic E-state index is 0.124. The summed E-state index contributed by atoms with van der Waals surface area (Å²) in [5.74, 6) is -6.13. The highest BCUT2D eigenvalue weighted by Gasteiger charge is 2.26. The molecule has 0 aliphatic carbocycles. The third kappa shape index (κ3) is 10.6. The van der Waals surface area contributed by atoms with E-state index in [0.717, 1.165) is 0 Å². The van der Waals surface area contributed by atoms with Crippen LogP contribution in [0.2, 0.25) is 0 Å². The summed E-state index contributed by atoms with van der Waals surface area (Å²) in [6.45, 7) is 2.59. The molecule has 4 atom stereocenters. The number of nitrogens with two attached hydrogens (primary N) is 1. The van der Waals surface area contributed by atoms with Gasteiger partial charge >= 0.3 is 17.9 Å². The van der Waals surface area contributed by atoms with Crippen LogP contribution in [0.5, 0.6) is 0 Å². The molecule has 0 bridgehead atoms. The Bertz CT molecular complexity index is 652. The number of carboxylic acid groups (broad SMARTS) is 3. The number of rotatable bonds is 13. The highest BCUT2D eigenvalue weighted by Crippen LogP contribution is 2.00. The molecule has 0 aromatic carbocycles. The monoisotopic (exact) mass is 418 g/mol. The molecule has 0 rings (SSSR count). The second-order valence-corrected chi connectivity index (χ2v) is 6.33. The maximum atomic E-state index is 12.1. The van der Waals surface area contributed by atoms with E-state index in [-0.39, 0.29) is 19.3 Å². The molecule has 4 unspecified atom stereocenters. The number of carbonyl (C=O) groups excluding carboxylic acids is 3. The van der Waals surface area contributed by atoms with Crippen molar-refractivity contribution < 1.29 is 44.1 Å². The Hall–Kier alpha value is -3.22. The Balaban J connectivity index is 4.63. The molecule has 164 valence electrons.